The third-order valence-electron chi connectivity index (χ3n) is 3.31. The maximum atomic E-state index is 12.1. The van der Waals surface area contributed by atoms with Crippen LogP contribution in [0, 0.1) is 0 Å². The first-order valence-corrected chi connectivity index (χ1v) is 9.82. The van der Waals surface area contributed by atoms with Gasteiger partial charge in [0.05, 0.1) is 16.5 Å². The average molecular weight is 473 g/mol. The fraction of sp³-hybridized carbons (Fsp3) is 0.0625. The Morgan fingerprint density at radius 1 is 1.23 bits per heavy atom. The van der Waals surface area contributed by atoms with Gasteiger partial charge in [0, 0.05) is 15.1 Å². The molecule has 1 aromatic heterocycles. The Morgan fingerprint density at radius 2 is 2.00 bits per heavy atom. The number of hydrogen-bond donors (Lipinski definition) is 2. The monoisotopic (exact) mass is 471 g/mol. The van der Waals surface area contributed by atoms with E-state index in [0.29, 0.717) is 32.3 Å². The van der Waals surface area contributed by atoms with Crippen LogP contribution in [0.5, 0.6) is 0 Å². The van der Waals surface area contributed by atoms with Gasteiger partial charge in [-0.05, 0) is 46.3 Å². The standard InChI is InChI=1S/C16H12BrCl2N5OS/c17-11-3-1-2-4-13(11)21-14(25)8-26-16-23-22-15(24(16)20)10-7-9(18)5-6-12(10)19/h1-7H,8,20H2,(H,21,25). The van der Waals surface area contributed by atoms with Crippen LogP contribution in [0.1, 0.15) is 0 Å². The number of anilines is 1. The van der Waals surface area contributed by atoms with E-state index in [4.69, 9.17) is 29.0 Å². The van der Waals surface area contributed by atoms with Gasteiger partial charge in [-0.3, -0.25) is 4.79 Å². The molecule has 0 spiro atoms. The van der Waals surface area contributed by atoms with Gasteiger partial charge in [-0.2, -0.15) is 0 Å². The summed E-state index contributed by atoms with van der Waals surface area (Å²) in [7, 11) is 0. The van der Waals surface area contributed by atoms with Crippen molar-refractivity contribution in [2.45, 2.75) is 5.16 Å². The van der Waals surface area contributed by atoms with Crippen LogP contribution in [0.25, 0.3) is 11.4 Å². The van der Waals surface area contributed by atoms with E-state index < -0.39 is 0 Å². The van der Waals surface area contributed by atoms with Gasteiger partial charge in [0.15, 0.2) is 5.82 Å². The second kappa shape index (κ2) is 8.30. The second-order valence-electron chi connectivity index (χ2n) is 5.12. The molecule has 0 aliphatic heterocycles. The summed E-state index contributed by atoms with van der Waals surface area (Å²) in [4.78, 5) is 12.1. The fourth-order valence-electron chi connectivity index (χ4n) is 2.11. The number of carbonyl (C=O) groups is 1. The molecule has 1 heterocycles. The third-order valence-corrected chi connectivity index (χ3v) is 5.51. The molecule has 3 N–H and O–H groups in total. The molecule has 0 saturated heterocycles. The van der Waals surface area contributed by atoms with Crippen LogP contribution in [0.4, 0.5) is 5.69 Å². The predicted molar refractivity (Wildman–Crippen MR) is 109 cm³/mol. The highest BCUT2D eigenvalue weighted by atomic mass is 79.9. The van der Waals surface area contributed by atoms with Crippen molar-refractivity contribution < 1.29 is 4.79 Å². The number of benzene rings is 2. The van der Waals surface area contributed by atoms with Crippen molar-refractivity contribution in [2.75, 3.05) is 16.9 Å². The lowest BCUT2D eigenvalue weighted by Gasteiger charge is -2.07. The zero-order valence-electron chi connectivity index (χ0n) is 13.1. The summed E-state index contributed by atoms with van der Waals surface area (Å²) < 4.78 is 2.09. The molecule has 0 radical (unpaired) electrons. The highest BCUT2D eigenvalue weighted by Crippen LogP contribution is 2.30. The number of carbonyl (C=O) groups excluding carboxylic acids is 1. The highest BCUT2D eigenvalue weighted by Gasteiger charge is 2.16. The lowest BCUT2D eigenvalue weighted by atomic mass is 10.2. The molecule has 0 bridgehead atoms. The molecule has 134 valence electrons. The number of rotatable bonds is 5. The average Bonchev–Trinajstić information content (AvgIpc) is 2.98. The Morgan fingerprint density at radius 3 is 2.77 bits per heavy atom. The largest absolute Gasteiger partial charge is 0.335 e. The molecule has 26 heavy (non-hydrogen) atoms. The SMILES string of the molecule is Nn1c(SCC(=O)Nc2ccccc2Br)nnc1-c1cc(Cl)ccc1Cl. The predicted octanol–water partition coefficient (Wildman–Crippen LogP) is 4.46. The minimum atomic E-state index is -0.188. The molecular weight excluding hydrogens is 461 g/mol. The molecule has 3 rings (SSSR count). The van der Waals surface area contributed by atoms with Crippen molar-refractivity contribution in [2.24, 2.45) is 0 Å². The van der Waals surface area contributed by atoms with Crippen molar-refractivity contribution >= 4 is 62.5 Å². The summed E-state index contributed by atoms with van der Waals surface area (Å²) in [6, 6.07) is 12.3. The van der Waals surface area contributed by atoms with Crippen LogP contribution in [0.3, 0.4) is 0 Å². The van der Waals surface area contributed by atoms with Crippen LogP contribution in [-0.2, 0) is 4.79 Å². The first-order valence-electron chi connectivity index (χ1n) is 7.29. The van der Waals surface area contributed by atoms with Crippen molar-refractivity contribution in [1.82, 2.24) is 14.9 Å². The number of thioether (sulfide) groups is 1. The van der Waals surface area contributed by atoms with Crippen molar-refractivity contribution in [3.8, 4) is 11.4 Å². The molecule has 2 aromatic carbocycles. The number of amides is 1. The summed E-state index contributed by atoms with van der Waals surface area (Å²) >= 11 is 16.7. The summed E-state index contributed by atoms with van der Waals surface area (Å²) in [5.41, 5.74) is 1.26. The molecule has 0 aliphatic rings. The molecule has 0 saturated carbocycles. The third kappa shape index (κ3) is 4.32. The molecule has 0 fully saturated rings. The van der Waals surface area contributed by atoms with Crippen LogP contribution in [0.15, 0.2) is 52.1 Å². The maximum Gasteiger partial charge on any atom is 0.234 e. The van der Waals surface area contributed by atoms with Gasteiger partial charge in [0.2, 0.25) is 11.1 Å². The molecule has 0 unspecified atom stereocenters. The lowest BCUT2D eigenvalue weighted by Crippen LogP contribution is -2.16. The van der Waals surface area contributed by atoms with Crippen LogP contribution in [-0.4, -0.2) is 26.5 Å². The smallest absolute Gasteiger partial charge is 0.234 e. The molecule has 3 aromatic rings. The van der Waals surface area contributed by atoms with E-state index in [2.05, 4.69) is 31.4 Å². The van der Waals surface area contributed by atoms with Crippen molar-refractivity contribution in [1.29, 1.82) is 0 Å². The molecule has 10 heteroatoms. The fourth-order valence-corrected chi connectivity index (χ4v) is 3.52. The molecule has 1 amide bonds. The summed E-state index contributed by atoms with van der Waals surface area (Å²) in [5.74, 6) is 6.35. The Bertz CT molecular complexity index is 966. The second-order valence-corrected chi connectivity index (χ2v) is 7.76. The van der Waals surface area contributed by atoms with E-state index in [0.717, 1.165) is 4.47 Å². The van der Waals surface area contributed by atoms with E-state index in [1.54, 1.807) is 24.3 Å². The minimum Gasteiger partial charge on any atom is -0.335 e. The number of nitrogen functional groups attached to an aromatic ring is 1. The van der Waals surface area contributed by atoms with E-state index in [9.17, 15) is 4.79 Å². The first kappa shape index (κ1) is 19.0. The van der Waals surface area contributed by atoms with E-state index in [1.807, 2.05) is 18.2 Å². The van der Waals surface area contributed by atoms with E-state index >= 15 is 0 Å². The van der Waals surface area contributed by atoms with Gasteiger partial charge >= 0.3 is 0 Å². The molecule has 6 nitrogen and oxygen atoms in total. The minimum absolute atomic E-state index is 0.125. The number of para-hydroxylation sites is 1. The summed E-state index contributed by atoms with van der Waals surface area (Å²) in [5, 5.41) is 12.2. The van der Waals surface area contributed by atoms with Crippen LogP contribution >= 0.6 is 50.9 Å². The van der Waals surface area contributed by atoms with Gasteiger partial charge in [-0.25, -0.2) is 4.68 Å². The summed E-state index contributed by atoms with van der Waals surface area (Å²) in [6.45, 7) is 0. The Labute approximate surface area is 172 Å². The number of nitrogens with two attached hydrogens (primary N) is 1. The Kier molecular flexibility index (Phi) is 6.08. The number of nitrogens with zero attached hydrogens (tertiary/aromatic N) is 3. The molecule has 0 aliphatic carbocycles. The number of halogens is 3. The quantitative estimate of drug-likeness (QED) is 0.423. The zero-order chi connectivity index (χ0) is 18.7. The highest BCUT2D eigenvalue weighted by molar-refractivity contribution is 9.10. The van der Waals surface area contributed by atoms with Crippen molar-refractivity contribution in [3.63, 3.8) is 0 Å². The first-order chi connectivity index (χ1) is 12.5. The Balaban J connectivity index is 1.70. The van der Waals surface area contributed by atoms with Crippen LogP contribution < -0.4 is 11.2 Å². The molecular formula is C16H12BrCl2N5OS. The van der Waals surface area contributed by atoms with Gasteiger partial charge in [0.1, 0.15) is 0 Å². The van der Waals surface area contributed by atoms with E-state index in [1.165, 1.54) is 16.4 Å². The topological polar surface area (TPSA) is 85.8 Å². The number of hydrogen-bond acceptors (Lipinski definition) is 5. The Hall–Kier alpha value is -1.74. The van der Waals surface area contributed by atoms with Gasteiger partial charge in [0.25, 0.3) is 0 Å². The van der Waals surface area contributed by atoms with Crippen molar-refractivity contribution in [3.05, 3.63) is 57.0 Å². The van der Waals surface area contributed by atoms with E-state index in [-0.39, 0.29) is 11.7 Å². The molecule has 0 atom stereocenters. The van der Waals surface area contributed by atoms with Gasteiger partial charge in [-0.15, -0.1) is 10.2 Å². The maximum absolute atomic E-state index is 12.1. The zero-order valence-corrected chi connectivity index (χ0v) is 17.0. The number of nitrogens with one attached hydrogen (secondary N) is 1. The van der Waals surface area contributed by atoms with Gasteiger partial charge < -0.3 is 11.2 Å². The van der Waals surface area contributed by atoms with Crippen LogP contribution in [0.2, 0.25) is 10.0 Å². The lowest BCUT2D eigenvalue weighted by molar-refractivity contribution is -0.113. The summed E-state index contributed by atoms with van der Waals surface area (Å²) in [6.07, 6.45) is 0. The normalized spacial score (nSPS) is 10.7. The van der Waals surface area contributed by atoms with Gasteiger partial charge in [-0.1, -0.05) is 47.1 Å². The number of aromatic nitrogens is 3.